The fourth-order valence-electron chi connectivity index (χ4n) is 1.73. The monoisotopic (exact) mass is 256 g/mol. The molecule has 0 saturated carbocycles. The Kier molecular flexibility index (Phi) is 2.38. The van der Waals surface area contributed by atoms with Crippen LogP contribution >= 0.6 is 0 Å². The van der Waals surface area contributed by atoms with Gasteiger partial charge >= 0.3 is 0 Å². The number of aromatic nitrogens is 2. The molecule has 0 atom stereocenters. The predicted octanol–water partition coefficient (Wildman–Crippen LogP) is 2.38. The number of nitro benzene ring substituents is 1. The second-order valence-corrected chi connectivity index (χ2v) is 3.87. The molecule has 0 aliphatic heterocycles. The summed E-state index contributed by atoms with van der Waals surface area (Å²) in [6.07, 6.45) is 1.60. The first-order chi connectivity index (χ1) is 9.15. The third-order valence-electron chi connectivity index (χ3n) is 2.64. The number of benzene rings is 1. The number of hydrogen-bond acceptors (Lipinski definition) is 6. The number of rotatable bonds is 2. The zero-order valence-corrected chi connectivity index (χ0v) is 9.61. The first-order valence-corrected chi connectivity index (χ1v) is 5.41. The third kappa shape index (κ3) is 1.86. The van der Waals surface area contributed by atoms with E-state index in [4.69, 9.17) is 10.2 Å². The summed E-state index contributed by atoms with van der Waals surface area (Å²) >= 11 is 0. The van der Waals surface area contributed by atoms with Gasteiger partial charge in [0.15, 0.2) is 11.2 Å². The summed E-state index contributed by atoms with van der Waals surface area (Å²) in [6.45, 7) is 0. The van der Waals surface area contributed by atoms with Crippen LogP contribution in [-0.2, 0) is 0 Å². The molecule has 3 rings (SSSR count). The van der Waals surface area contributed by atoms with Crippen molar-refractivity contribution in [2.45, 2.75) is 0 Å². The summed E-state index contributed by atoms with van der Waals surface area (Å²) < 4.78 is 5.49. The molecule has 7 heteroatoms. The van der Waals surface area contributed by atoms with E-state index in [0.29, 0.717) is 16.8 Å². The van der Waals surface area contributed by atoms with Crippen molar-refractivity contribution in [2.75, 3.05) is 5.73 Å². The van der Waals surface area contributed by atoms with Gasteiger partial charge in [-0.25, -0.2) is 4.98 Å². The fourth-order valence-corrected chi connectivity index (χ4v) is 1.73. The van der Waals surface area contributed by atoms with Crippen LogP contribution < -0.4 is 5.73 Å². The zero-order chi connectivity index (χ0) is 13.4. The van der Waals surface area contributed by atoms with Crippen LogP contribution in [0.2, 0.25) is 0 Å². The summed E-state index contributed by atoms with van der Waals surface area (Å²) in [7, 11) is 0. The van der Waals surface area contributed by atoms with Gasteiger partial charge in [-0.15, -0.1) is 0 Å². The Morgan fingerprint density at radius 2 is 2.16 bits per heavy atom. The Morgan fingerprint density at radius 3 is 2.89 bits per heavy atom. The lowest BCUT2D eigenvalue weighted by Crippen LogP contribution is -1.95. The number of nitrogens with zero attached hydrogens (tertiary/aromatic N) is 3. The van der Waals surface area contributed by atoms with Gasteiger partial charge in [-0.05, 0) is 24.3 Å². The molecule has 2 aromatic heterocycles. The number of fused-ring (bicyclic) bond motifs is 1. The minimum Gasteiger partial charge on any atom is -0.434 e. The average Bonchev–Trinajstić information content (AvgIpc) is 2.82. The van der Waals surface area contributed by atoms with Gasteiger partial charge in [0.1, 0.15) is 5.69 Å². The summed E-state index contributed by atoms with van der Waals surface area (Å²) in [5.41, 5.74) is 6.93. The molecule has 94 valence electrons. The van der Waals surface area contributed by atoms with E-state index >= 15 is 0 Å². The minimum atomic E-state index is -0.542. The molecule has 0 unspecified atom stereocenters. The molecule has 7 nitrogen and oxygen atoms in total. The molecule has 0 saturated heterocycles. The van der Waals surface area contributed by atoms with Crippen LogP contribution in [0.1, 0.15) is 0 Å². The van der Waals surface area contributed by atoms with Crippen molar-refractivity contribution >= 4 is 22.6 Å². The summed E-state index contributed by atoms with van der Waals surface area (Å²) in [4.78, 5) is 18.5. The van der Waals surface area contributed by atoms with E-state index in [1.807, 2.05) is 0 Å². The van der Waals surface area contributed by atoms with E-state index in [2.05, 4.69) is 9.97 Å². The van der Waals surface area contributed by atoms with Crippen molar-refractivity contribution in [2.24, 2.45) is 0 Å². The van der Waals surface area contributed by atoms with Crippen molar-refractivity contribution in [3.63, 3.8) is 0 Å². The normalized spacial score (nSPS) is 10.7. The van der Waals surface area contributed by atoms with Crippen molar-refractivity contribution < 1.29 is 9.34 Å². The smallest absolute Gasteiger partial charge is 0.292 e. The number of hydrogen-bond donors (Lipinski definition) is 1. The second kappa shape index (κ2) is 4.05. The number of nitro groups is 1. The van der Waals surface area contributed by atoms with Crippen LogP contribution in [0.15, 0.2) is 40.9 Å². The molecule has 0 amide bonds. The molecule has 0 aliphatic carbocycles. The molecule has 0 bridgehead atoms. The lowest BCUT2D eigenvalue weighted by Gasteiger charge is -1.98. The van der Waals surface area contributed by atoms with E-state index in [1.54, 1.807) is 24.4 Å². The molecule has 0 fully saturated rings. The maximum absolute atomic E-state index is 10.8. The van der Waals surface area contributed by atoms with Gasteiger partial charge in [-0.3, -0.25) is 10.1 Å². The average molecular weight is 256 g/mol. The van der Waals surface area contributed by atoms with Crippen LogP contribution in [0.3, 0.4) is 0 Å². The molecule has 2 N–H and O–H groups in total. The Labute approximate surface area is 106 Å². The van der Waals surface area contributed by atoms with Crippen LogP contribution in [0.5, 0.6) is 0 Å². The van der Waals surface area contributed by atoms with Crippen LogP contribution in [0.4, 0.5) is 11.4 Å². The highest BCUT2D eigenvalue weighted by Crippen LogP contribution is 2.29. The van der Waals surface area contributed by atoms with Crippen molar-refractivity contribution in [3.05, 3.63) is 46.6 Å². The summed E-state index contributed by atoms with van der Waals surface area (Å²) in [5, 5.41) is 10.8. The van der Waals surface area contributed by atoms with E-state index in [1.165, 1.54) is 12.1 Å². The fraction of sp³-hybridized carbons (Fsp3) is 0. The Balaban J connectivity index is 2.16. The summed E-state index contributed by atoms with van der Waals surface area (Å²) in [5.74, 6) is 0.275. The number of nitrogens with two attached hydrogens (primary N) is 1. The zero-order valence-electron chi connectivity index (χ0n) is 9.61. The van der Waals surface area contributed by atoms with Crippen molar-refractivity contribution in [1.82, 2.24) is 9.97 Å². The van der Waals surface area contributed by atoms with Crippen LogP contribution in [0.25, 0.3) is 22.7 Å². The SMILES string of the molecule is Nc1ccc(-c2nc3ncccc3o2)cc1[N+](=O)[O-]. The number of anilines is 1. The molecular formula is C12H8N4O3. The van der Waals surface area contributed by atoms with Gasteiger partial charge in [0.05, 0.1) is 4.92 Å². The molecule has 1 aromatic carbocycles. The van der Waals surface area contributed by atoms with E-state index < -0.39 is 4.92 Å². The van der Waals surface area contributed by atoms with Gasteiger partial charge in [0, 0.05) is 17.8 Å². The largest absolute Gasteiger partial charge is 0.434 e. The Bertz CT molecular complexity index is 748. The molecule has 2 heterocycles. The number of oxazole rings is 1. The highest BCUT2D eigenvalue weighted by Gasteiger charge is 2.16. The topological polar surface area (TPSA) is 108 Å². The van der Waals surface area contributed by atoms with E-state index in [-0.39, 0.29) is 17.3 Å². The predicted molar refractivity (Wildman–Crippen MR) is 68.3 cm³/mol. The number of nitrogen functional groups attached to an aromatic ring is 1. The molecule has 0 radical (unpaired) electrons. The van der Waals surface area contributed by atoms with Gasteiger partial charge in [0.2, 0.25) is 5.89 Å². The number of pyridine rings is 1. The van der Waals surface area contributed by atoms with E-state index in [0.717, 1.165) is 0 Å². The van der Waals surface area contributed by atoms with Crippen LogP contribution in [0, 0.1) is 10.1 Å². The first-order valence-electron chi connectivity index (χ1n) is 5.41. The lowest BCUT2D eigenvalue weighted by atomic mass is 10.2. The molecular weight excluding hydrogens is 248 g/mol. The minimum absolute atomic E-state index is 0.1000. The van der Waals surface area contributed by atoms with Gasteiger partial charge in [-0.2, -0.15) is 4.98 Å². The molecule has 3 aromatic rings. The lowest BCUT2D eigenvalue weighted by molar-refractivity contribution is -0.383. The van der Waals surface area contributed by atoms with E-state index in [9.17, 15) is 10.1 Å². The Hall–Kier alpha value is -2.96. The van der Waals surface area contributed by atoms with Crippen molar-refractivity contribution in [3.8, 4) is 11.5 Å². The van der Waals surface area contributed by atoms with Crippen LogP contribution in [-0.4, -0.2) is 14.9 Å². The van der Waals surface area contributed by atoms with Crippen molar-refractivity contribution in [1.29, 1.82) is 0 Å². The van der Waals surface area contributed by atoms with Gasteiger partial charge in [-0.1, -0.05) is 0 Å². The maximum atomic E-state index is 10.8. The van der Waals surface area contributed by atoms with Gasteiger partial charge in [0.25, 0.3) is 5.69 Å². The highest BCUT2D eigenvalue weighted by atomic mass is 16.6. The standard InChI is InChI=1S/C12H8N4O3/c13-8-4-3-7(6-9(8)16(17)18)12-15-11-10(19-12)2-1-5-14-11/h1-6H,13H2. The highest BCUT2D eigenvalue weighted by molar-refractivity contribution is 5.74. The quantitative estimate of drug-likeness (QED) is 0.428. The Morgan fingerprint density at radius 1 is 1.32 bits per heavy atom. The molecule has 19 heavy (non-hydrogen) atoms. The summed E-state index contributed by atoms with van der Waals surface area (Å²) in [6, 6.07) is 7.86. The molecule has 0 spiro atoms. The first kappa shape index (κ1) is 11.1. The molecule has 0 aliphatic rings. The van der Waals surface area contributed by atoms with Gasteiger partial charge < -0.3 is 10.2 Å². The third-order valence-corrected chi connectivity index (χ3v) is 2.64. The second-order valence-electron chi connectivity index (χ2n) is 3.87. The maximum Gasteiger partial charge on any atom is 0.292 e.